The van der Waals surface area contributed by atoms with Gasteiger partial charge in [-0.15, -0.1) is 11.8 Å². The third-order valence-corrected chi connectivity index (χ3v) is 8.32. The lowest BCUT2D eigenvalue weighted by atomic mass is 9.75. The molecule has 3 nitrogen and oxygen atoms in total. The molecule has 29 heavy (non-hydrogen) atoms. The second-order valence-electron chi connectivity index (χ2n) is 9.06. The normalized spacial score (nSPS) is 27.4. The van der Waals surface area contributed by atoms with Crippen molar-refractivity contribution < 1.29 is 14.6 Å². The molecule has 1 N–H and O–H groups in total. The molecule has 0 spiro atoms. The van der Waals surface area contributed by atoms with Gasteiger partial charge in [-0.25, -0.2) is 0 Å². The molecular formula is C25H32O3S. The van der Waals surface area contributed by atoms with Gasteiger partial charge in [0.05, 0.1) is 11.7 Å². The molecule has 1 aliphatic heterocycles. The Labute approximate surface area is 178 Å². The van der Waals surface area contributed by atoms with Crippen molar-refractivity contribution in [3.63, 3.8) is 0 Å². The summed E-state index contributed by atoms with van der Waals surface area (Å²) in [5.41, 5.74) is 2.60. The number of hydrogen-bond donors (Lipinski definition) is 1. The first-order valence-corrected chi connectivity index (χ1v) is 11.5. The van der Waals surface area contributed by atoms with E-state index in [1.165, 1.54) is 16.7 Å². The summed E-state index contributed by atoms with van der Waals surface area (Å²) in [6.45, 7) is 9.09. The molecule has 0 aromatic heterocycles. The average Bonchev–Trinajstić information content (AvgIpc) is 2.72. The van der Waals surface area contributed by atoms with Crippen LogP contribution in [0.1, 0.15) is 63.3 Å². The van der Waals surface area contributed by atoms with Crippen LogP contribution in [0.5, 0.6) is 5.75 Å². The minimum absolute atomic E-state index is 0.00157. The van der Waals surface area contributed by atoms with Crippen LogP contribution in [0.4, 0.5) is 0 Å². The second kappa shape index (κ2) is 7.98. The molecule has 0 unspecified atom stereocenters. The van der Waals surface area contributed by atoms with Gasteiger partial charge in [0.1, 0.15) is 17.8 Å². The highest BCUT2D eigenvalue weighted by atomic mass is 32.2. The predicted octanol–water partition coefficient (Wildman–Crippen LogP) is 5.90. The lowest BCUT2D eigenvalue weighted by Gasteiger charge is -2.52. The first-order valence-electron chi connectivity index (χ1n) is 10.7. The van der Waals surface area contributed by atoms with Crippen LogP contribution < -0.4 is 4.74 Å². The highest BCUT2D eigenvalue weighted by molar-refractivity contribution is 8.01. The summed E-state index contributed by atoms with van der Waals surface area (Å²) in [7, 11) is 0. The third-order valence-electron chi connectivity index (χ3n) is 6.58. The van der Waals surface area contributed by atoms with E-state index in [4.69, 9.17) is 9.47 Å². The molecule has 1 saturated heterocycles. The van der Waals surface area contributed by atoms with Crippen LogP contribution in [-0.2, 0) is 17.8 Å². The molecule has 0 radical (unpaired) electrons. The zero-order valence-corrected chi connectivity index (χ0v) is 18.7. The smallest absolute Gasteiger partial charge is 0.133 e. The fraction of sp³-hybridized carbons (Fsp3) is 0.520. The molecule has 0 saturated carbocycles. The minimum atomic E-state index is -0.841. The monoisotopic (exact) mass is 412 g/mol. The Bertz CT molecular complexity index is 846. The number of ether oxygens (including phenoxy) is 2. The Hall–Kier alpha value is -1.49. The number of hydrogen-bond acceptors (Lipinski definition) is 4. The molecule has 2 aliphatic rings. The third kappa shape index (κ3) is 4.08. The molecular weight excluding hydrogens is 380 g/mol. The van der Waals surface area contributed by atoms with E-state index >= 15 is 0 Å². The number of benzene rings is 2. The number of aliphatic hydroxyl groups is 1. The van der Waals surface area contributed by atoms with Gasteiger partial charge >= 0.3 is 0 Å². The summed E-state index contributed by atoms with van der Waals surface area (Å²) in [5.74, 6) is 1.39. The van der Waals surface area contributed by atoms with E-state index in [9.17, 15) is 5.11 Å². The van der Waals surface area contributed by atoms with E-state index in [1.807, 2.05) is 32.0 Å². The van der Waals surface area contributed by atoms with Crippen LogP contribution in [0.25, 0.3) is 0 Å². The Morgan fingerprint density at radius 2 is 1.93 bits per heavy atom. The van der Waals surface area contributed by atoms with Crippen LogP contribution >= 0.6 is 11.8 Å². The zero-order valence-electron chi connectivity index (χ0n) is 17.9. The Morgan fingerprint density at radius 1 is 1.17 bits per heavy atom. The van der Waals surface area contributed by atoms with Crippen LogP contribution in [0, 0.1) is 5.92 Å². The highest BCUT2D eigenvalue weighted by Crippen LogP contribution is 2.56. The van der Waals surface area contributed by atoms with E-state index in [1.54, 1.807) is 11.8 Å². The van der Waals surface area contributed by atoms with Crippen molar-refractivity contribution in [2.45, 2.75) is 75.5 Å². The fourth-order valence-electron chi connectivity index (χ4n) is 4.50. The van der Waals surface area contributed by atoms with Gasteiger partial charge in [0.25, 0.3) is 0 Å². The van der Waals surface area contributed by atoms with Crippen molar-refractivity contribution in [1.29, 1.82) is 0 Å². The second-order valence-corrected chi connectivity index (χ2v) is 10.8. The maximum absolute atomic E-state index is 10.9. The molecule has 1 heterocycles. The average molecular weight is 413 g/mol. The first kappa shape index (κ1) is 20.8. The van der Waals surface area contributed by atoms with Crippen LogP contribution in [0.3, 0.4) is 0 Å². The van der Waals surface area contributed by atoms with Crippen molar-refractivity contribution in [3.05, 3.63) is 65.2 Å². The fourth-order valence-corrected chi connectivity index (χ4v) is 6.06. The van der Waals surface area contributed by atoms with Gasteiger partial charge in [-0.2, -0.15) is 0 Å². The predicted molar refractivity (Wildman–Crippen MR) is 119 cm³/mol. The molecule has 156 valence electrons. The quantitative estimate of drug-likeness (QED) is 0.664. The summed E-state index contributed by atoms with van der Waals surface area (Å²) in [6, 6.07) is 16.6. The van der Waals surface area contributed by atoms with Gasteiger partial charge in [-0.3, -0.25) is 0 Å². The highest BCUT2D eigenvalue weighted by Gasteiger charge is 2.51. The molecule has 1 fully saturated rings. The summed E-state index contributed by atoms with van der Waals surface area (Å²) >= 11 is 1.79. The Kier molecular flexibility index (Phi) is 5.71. The van der Waals surface area contributed by atoms with E-state index in [2.05, 4.69) is 44.2 Å². The Balaban J connectivity index is 1.62. The van der Waals surface area contributed by atoms with E-state index in [-0.39, 0.29) is 16.3 Å². The van der Waals surface area contributed by atoms with Gasteiger partial charge in [0, 0.05) is 10.7 Å². The lowest BCUT2D eigenvalue weighted by molar-refractivity contribution is -0.118. The zero-order chi connectivity index (χ0) is 20.6. The SMILES string of the molecule is CC[C@@](C)(O)[C@@H]1O[C@H]2c3cccc(OCc4ccccc4)c3CC[C@H]2C(C)(C)S1. The maximum atomic E-state index is 10.9. The molecule has 2 aromatic rings. The Morgan fingerprint density at radius 3 is 2.66 bits per heavy atom. The maximum Gasteiger partial charge on any atom is 0.133 e. The topological polar surface area (TPSA) is 38.7 Å². The van der Waals surface area contributed by atoms with Crippen LogP contribution in [0.2, 0.25) is 0 Å². The molecule has 0 amide bonds. The standard InChI is InChI=1S/C25H32O3S/c1-5-25(4,26)23-28-22-19-12-9-13-21(27-16-17-10-7-6-8-11-17)18(19)14-15-20(22)24(2,3)29-23/h6-13,20,22-23,26H,5,14-16H2,1-4H3/t20-,22+,23-,25-/m1/s1. The van der Waals surface area contributed by atoms with Crippen molar-refractivity contribution >= 4 is 11.8 Å². The van der Waals surface area contributed by atoms with Crippen LogP contribution in [0.15, 0.2) is 48.5 Å². The summed E-state index contributed by atoms with van der Waals surface area (Å²) in [6.07, 6.45) is 2.75. The molecule has 4 heteroatoms. The van der Waals surface area contributed by atoms with Crippen LogP contribution in [-0.4, -0.2) is 20.9 Å². The summed E-state index contributed by atoms with van der Waals surface area (Å²) in [4.78, 5) is 0. The van der Waals surface area contributed by atoms with Crippen molar-refractivity contribution in [2.75, 3.05) is 0 Å². The van der Waals surface area contributed by atoms with Crippen molar-refractivity contribution in [1.82, 2.24) is 0 Å². The number of thioether (sulfide) groups is 1. The molecule has 4 rings (SSSR count). The summed E-state index contributed by atoms with van der Waals surface area (Å²) in [5, 5.41) is 10.9. The van der Waals surface area contributed by atoms with Gasteiger partial charge in [-0.05, 0) is 48.9 Å². The largest absolute Gasteiger partial charge is 0.489 e. The lowest BCUT2D eigenvalue weighted by Crippen LogP contribution is -2.51. The molecule has 4 atom stereocenters. The van der Waals surface area contributed by atoms with Gasteiger partial charge in [0.15, 0.2) is 0 Å². The van der Waals surface area contributed by atoms with Crippen molar-refractivity contribution in [2.24, 2.45) is 5.92 Å². The minimum Gasteiger partial charge on any atom is -0.489 e. The molecule has 0 bridgehead atoms. The number of fused-ring (bicyclic) bond motifs is 3. The molecule has 2 aromatic carbocycles. The summed E-state index contributed by atoms with van der Waals surface area (Å²) < 4.78 is 12.9. The number of rotatable bonds is 5. The first-order chi connectivity index (χ1) is 13.8. The van der Waals surface area contributed by atoms with E-state index < -0.39 is 5.60 Å². The van der Waals surface area contributed by atoms with Gasteiger partial charge < -0.3 is 14.6 Å². The van der Waals surface area contributed by atoms with Gasteiger partial charge in [0.2, 0.25) is 0 Å². The van der Waals surface area contributed by atoms with E-state index in [0.29, 0.717) is 18.9 Å². The van der Waals surface area contributed by atoms with E-state index in [0.717, 1.165) is 18.6 Å². The van der Waals surface area contributed by atoms with Crippen molar-refractivity contribution in [3.8, 4) is 5.75 Å². The van der Waals surface area contributed by atoms with Gasteiger partial charge in [-0.1, -0.05) is 63.2 Å². The molecule has 1 aliphatic carbocycles.